The number of phenols is 1. The van der Waals surface area contributed by atoms with Crippen molar-refractivity contribution in [3.8, 4) is 5.75 Å². The number of aliphatic hydroxyl groups excluding tert-OH is 1. The van der Waals surface area contributed by atoms with Crippen LogP contribution in [0.4, 0.5) is 0 Å². The van der Waals surface area contributed by atoms with Crippen molar-refractivity contribution < 1.29 is 15.0 Å². The van der Waals surface area contributed by atoms with Gasteiger partial charge in [0.2, 0.25) is 0 Å². The molecule has 0 spiro atoms. The number of benzene rings is 1. The Morgan fingerprint density at radius 3 is 2.95 bits per heavy atom. The van der Waals surface area contributed by atoms with Gasteiger partial charge in [-0.1, -0.05) is 18.1 Å². The van der Waals surface area contributed by atoms with Crippen LogP contribution in [0.15, 0.2) is 18.2 Å². The molecule has 0 aliphatic heterocycles. The van der Waals surface area contributed by atoms with Crippen molar-refractivity contribution in [1.82, 2.24) is 5.32 Å². The third-order valence-corrected chi connectivity index (χ3v) is 3.70. The van der Waals surface area contributed by atoms with Gasteiger partial charge in [0.15, 0.2) is 0 Å². The summed E-state index contributed by atoms with van der Waals surface area (Å²) in [4.78, 5) is 12.0. The number of aryl methyl sites for hydroxylation is 1. The lowest BCUT2D eigenvalue weighted by atomic mass is 9.87. The second-order valence-corrected chi connectivity index (χ2v) is 5.42. The molecule has 4 nitrogen and oxygen atoms in total. The zero-order valence-electron chi connectivity index (χ0n) is 11.2. The van der Waals surface area contributed by atoms with E-state index in [0.29, 0.717) is 18.0 Å². The van der Waals surface area contributed by atoms with Gasteiger partial charge in [0.05, 0.1) is 11.7 Å². The molecule has 0 bridgehead atoms. The van der Waals surface area contributed by atoms with Crippen LogP contribution in [0.3, 0.4) is 0 Å². The number of aromatic hydroxyl groups is 1. The molecule has 2 rings (SSSR count). The number of amides is 1. The second-order valence-electron chi connectivity index (χ2n) is 5.42. The van der Waals surface area contributed by atoms with Crippen LogP contribution in [-0.4, -0.2) is 28.8 Å². The maximum absolute atomic E-state index is 12.0. The lowest BCUT2D eigenvalue weighted by Crippen LogP contribution is -2.33. The van der Waals surface area contributed by atoms with E-state index in [0.717, 1.165) is 31.2 Å². The molecule has 0 aromatic heterocycles. The van der Waals surface area contributed by atoms with Gasteiger partial charge in [-0.2, -0.15) is 0 Å². The highest BCUT2D eigenvalue weighted by molar-refractivity contribution is 5.96. The number of phenolic OH excluding ortho intramolecular Hbond substituents is 1. The highest BCUT2D eigenvalue weighted by atomic mass is 16.3. The first-order chi connectivity index (χ1) is 9.06. The van der Waals surface area contributed by atoms with Crippen LogP contribution >= 0.6 is 0 Å². The van der Waals surface area contributed by atoms with Gasteiger partial charge >= 0.3 is 0 Å². The number of nitrogens with one attached hydrogen (secondary N) is 1. The zero-order valence-corrected chi connectivity index (χ0v) is 11.2. The molecule has 3 N–H and O–H groups in total. The quantitative estimate of drug-likeness (QED) is 0.781. The van der Waals surface area contributed by atoms with Crippen LogP contribution in [0.1, 0.15) is 41.6 Å². The van der Waals surface area contributed by atoms with E-state index in [1.807, 2.05) is 6.92 Å². The van der Waals surface area contributed by atoms with E-state index < -0.39 is 0 Å². The average molecular weight is 263 g/mol. The van der Waals surface area contributed by atoms with Crippen LogP contribution in [0.2, 0.25) is 0 Å². The zero-order chi connectivity index (χ0) is 13.8. The Morgan fingerprint density at radius 1 is 1.42 bits per heavy atom. The molecule has 4 heteroatoms. The third-order valence-electron chi connectivity index (χ3n) is 3.70. The lowest BCUT2D eigenvalue weighted by Gasteiger charge is -2.25. The largest absolute Gasteiger partial charge is 0.507 e. The number of aliphatic hydroxyl groups is 1. The minimum Gasteiger partial charge on any atom is -0.507 e. The molecule has 1 fully saturated rings. The summed E-state index contributed by atoms with van der Waals surface area (Å²) in [6.45, 7) is 2.44. The molecule has 1 aromatic rings. The predicted molar refractivity (Wildman–Crippen MR) is 73.1 cm³/mol. The summed E-state index contributed by atoms with van der Waals surface area (Å²) in [5.74, 6) is 0.0905. The van der Waals surface area contributed by atoms with E-state index in [9.17, 15) is 15.0 Å². The van der Waals surface area contributed by atoms with Crippen LogP contribution in [-0.2, 0) is 0 Å². The van der Waals surface area contributed by atoms with E-state index >= 15 is 0 Å². The van der Waals surface area contributed by atoms with E-state index in [-0.39, 0.29) is 17.8 Å². The molecule has 1 aromatic carbocycles. The summed E-state index contributed by atoms with van der Waals surface area (Å²) < 4.78 is 0. The third kappa shape index (κ3) is 3.70. The molecule has 0 radical (unpaired) electrons. The summed E-state index contributed by atoms with van der Waals surface area (Å²) in [5.41, 5.74) is 1.26. The summed E-state index contributed by atoms with van der Waals surface area (Å²) in [7, 11) is 0. The van der Waals surface area contributed by atoms with Crippen molar-refractivity contribution in [2.75, 3.05) is 6.54 Å². The molecular formula is C15H21NO3. The molecule has 2 unspecified atom stereocenters. The Hall–Kier alpha value is -1.55. The number of rotatable bonds is 3. The lowest BCUT2D eigenvalue weighted by molar-refractivity contribution is 0.0871. The number of carbonyl (C=O) groups is 1. The molecule has 1 aliphatic carbocycles. The fraction of sp³-hybridized carbons (Fsp3) is 0.533. The molecule has 1 amide bonds. The van der Waals surface area contributed by atoms with Gasteiger partial charge in [-0.05, 0) is 44.2 Å². The van der Waals surface area contributed by atoms with Gasteiger partial charge in [-0.15, -0.1) is 0 Å². The summed E-state index contributed by atoms with van der Waals surface area (Å²) in [6, 6.07) is 4.98. The maximum atomic E-state index is 12.0. The topological polar surface area (TPSA) is 69.6 Å². The molecule has 0 saturated heterocycles. The van der Waals surface area contributed by atoms with Crippen molar-refractivity contribution in [1.29, 1.82) is 0 Å². The predicted octanol–water partition coefficient (Wildman–Crippen LogP) is 1.98. The monoisotopic (exact) mass is 263 g/mol. The van der Waals surface area contributed by atoms with Gasteiger partial charge in [-0.25, -0.2) is 0 Å². The van der Waals surface area contributed by atoms with E-state index in [4.69, 9.17) is 0 Å². The molecule has 2 atom stereocenters. The Bertz CT molecular complexity index is 459. The minimum absolute atomic E-state index is 0.00628. The van der Waals surface area contributed by atoms with Crippen molar-refractivity contribution >= 4 is 5.91 Å². The summed E-state index contributed by atoms with van der Waals surface area (Å²) >= 11 is 0. The van der Waals surface area contributed by atoms with Gasteiger partial charge in [0, 0.05) is 6.54 Å². The van der Waals surface area contributed by atoms with Crippen LogP contribution in [0.25, 0.3) is 0 Å². The maximum Gasteiger partial charge on any atom is 0.255 e. The Kier molecular flexibility index (Phi) is 4.43. The van der Waals surface area contributed by atoms with Crippen molar-refractivity contribution in [2.45, 2.75) is 38.7 Å². The highest BCUT2D eigenvalue weighted by Gasteiger charge is 2.21. The Morgan fingerprint density at radius 2 is 2.21 bits per heavy atom. The van der Waals surface area contributed by atoms with Gasteiger partial charge in [0.25, 0.3) is 5.91 Å². The van der Waals surface area contributed by atoms with Crippen LogP contribution in [0.5, 0.6) is 5.75 Å². The number of carbonyl (C=O) groups excluding carboxylic acids is 1. The minimum atomic E-state index is -0.249. The molecule has 104 valence electrons. The molecule has 19 heavy (non-hydrogen) atoms. The van der Waals surface area contributed by atoms with E-state index in [2.05, 4.69) is 5.32 Å². The van der Waals surface area contributed by atoms with Gasteiger partial charge < -0.3 is 15.5 Å². The Labute approximate surface area is 113 Å². The van der Waals surface area contributed by atoms with Crippen LogP contribution in [0, 0.1) is 12.8 Å². The molecule has 1 saturated carbocycles. The second kappa shape index (κ2) is 6.06. The molecule has 1 aliphatic rings. The number of hydrogen-bond acceptors (Lipinski definition) is 3. The van der Waals surface area contributed by atoms with E-state index in [1.165, 1.54) is 6.07 Å². The average Bonchev–Trinajstić information content (AvgIpc) is 2.39. The first-order valence-corrected chi connectivity index (χ1v) is 6.82. The summed E-state index contributed by atoms with van der Waals surface area (Å²) in [5, 5.41) is 22.1. The van der Waals surface area contributed by atoms with Crippen molar-refractivity contribution in [2.24, 2.45) is 5.92 Å². The van der Waals surface area contributed by atoms with E-state index in [1.54, 1.807) is 12.1 Å². The molecular weight excluding hydrogens is 242 g/mol. The van der Waals surface area contributed by atoms with Crippen molar-refractivity contribution in [3.63, 3.8) is 0 Å². The van der Waals surface area contributed by atoms with Crippen molar-refractivity contribution in [3.05, 3.63) is 29.3 Å². The van der Waals surface area contributed by atoms with Gasteiger partial charge in [-0.3, -0.25) is 4.79 Å². The number of hydrogen-bond donors (Lipinski definition) is 3. The fourth-order valence-corrected chi connectivity index (χ4v) is 2.61. The molecule has 0 heterocycles. The standard InChI is InChI=1S/C15H21NO3/c1-10-5-6-14(18)13(7-10)15(19)16-9-11-3-2-4-12(17)8-11/h5-7,11-12,17-18H,2-4,8-9H2,1H3,(H,16,19). The first kappa shape index (κ1) is 13.9. The first-order valence-electron chi connectivity index (χ1n) is 6.82. The van der Waals surface area contributed by atoms with Crippen LogP contribution < -0.4 is 5.32 Å². The normalized spacial score (nSPS) is 23.1. The Balaban J connectivity index is 1.92. The smallest absolute Gasteiger partial charge is 0.255 e. The highest BCUT2D eigenvalue weighted by Crippen LogP contribution is 2.24. The SMILES string of the molecule is Cc1ccc(O)c(C(=O)NCC2CCCC(O)C2)c1. The summed E-state index contributed by atoms with van der Waals surface area (Å²) in [6.07, 6.45) is 3.43. The fourth-order valence-electron chi connectivity index (χ4n) is 2.61. The van der Waals surface area contributed by atoms with Gasteiger partial charge in [0.1, 0.15) is 5.75 Å².